The third kappa shape index (κ3) is 3.99. The van der Waals surface area contributed by atoms with E-state index in [1.165, 1.54) is 0 Å². The number of hydrogen-bond donors (Lipinski definition) is 3. The Morgan fingerprint density at radius 1 is 1.19 bits per heavy atom. The van der Waals surface area contributed by atoms with Crippen LogP contribution in [0.1, 0.15) is 27.2 Å². The summed E-state index contributed by atoms with van der Waals surface area (Å²) >= 11 is 0. The first-order valence-electron chi connectivity index (χ1n) is 5.59. The molecule has 16 heavy (non-hydrogen) atoms. The van der Waals surface area contributed by atoms with Gasteiger partial charge in [-0.05, 0) is 11.8 Å². The second kappa shape index (κ2) is 5.42. The molecule has 0 aromatic heterocycles. The molecule has 0 aromatic carbocycles. The molecule has 0 aromatic rings. The van der Waals surface area contributed by atoms with Crippen LogP contribution in [0.2, 0.25) is 0 Å². The van der Waals surface area contributed by atoms with Crippen molar-refractivity contribution in [2.75, 3.05) is 13.2 Å². The van der Waals surface area contributed by atoms with E-state index >= 15 is 0 Å². The maximum Gasteiger partial charge on any atom is 0.186 e. The van der Waals surface area contributed by atoms with Crippen LogP contribution in [0.15, 0.2) is 0 Å². The SMILES string of the molecule is CC(C)(C)CCOC1OCC(O)C(O)C1O. The average Bonchev–Trinajstić information content (AvgIpc) is 2.16. The minimum atomic E-state index is -1.20. The van der Waals surface area contributed by atoms with Crippen molar-refractivity contribution in [2.45, 2.75) is 51.8 Å². The Hall–Kier alpha value is -0.200. The van der Waals surface area contributed by atoms with Gasteiger partial charge < -0.3 is 24.8 Å². The second-order valence-corrected chi connectivity index (χ2v) is 5.43. The maximum absolute atomic E-state index is 9.58. The van der Waals surface area contributed by atoms with Gasteiger partial charge in [-0.2, -0.15) is 0 Å². The number of ether oxygens (including phenoxy) is 2. The molecule has 0 bridgehead atoms. The molecule has 0 amide bonds. The lowest BCUT2D eigenvalue weighted by Gasteiger charge is -2.35. The summed E-state index contributed by atoms with van der Waals surface area (Å²) in [5.74, 6) is 0. The zero-order valence-corrected chi connectivity index (χ0v) is 10.1. The molecule has 1 aliphatic heterocycles. The molecular weight excluding hydrogens is 212 g/mol. The fourth-order valence-corrected chi connectivity index (χ4v) is 1.41. The van der Waals surface area contributed by atoms with Gasteiger partial charge in [0, 0.05) is 0 Å². The Morgan fingerprint density at radius 2 is 1.81 bits per heavy atom. The van der Waals surface area contributed by atoms with Crippen molar-refractivity contribution >= 4 is 0 Å². The number of aliphatic hydroxyl groups is 3. The average molecular weight is 234 g/mol. The maximum atomic E-state index is 9.58. The first kappa shape index (κ1) is 13.9. The Labute approximate surface area is 96.0 Å². The lowest BCUT2D eigenvalue weighted by molar-refractivity contribution is -0.270. The van der Waals surface area contributed by atoms with Crippen molar-refractivity contribution in [2.24, 2.45) is 5.41 Å². The molecule has 0 saturated carbocycles. The van der Waals surface area contributed by atoms with Crippen molar-refractivity contribution < 1.29 is 24.8 Å². The van der Waals surface area contributed by atoms with E-state index in [9.17, 15) is 15.3 Å². The fourth-order valence-electron chi connectivity index (χ4n) is 1.41. The zero-order chi connectivity index (χ0) is 12.3. The topological polar surface area (TPSA) is 79.2 Å². The lowest BCUT2D eigenvalue weighted by atomic mass is 9.93. The summed E-state index contributed by atoms with van der Waals surface area (Å²) in [6, 6.07) is 0. The highest BCUT2D eigenvalue weighted by atomic mass is 16.7. The fraction of sp³-hybridized carbons (Fsp3) is 1.00. The van der Waals surface area contributed by atoms with E-state index in [2.05, 4.69) is 20.8 Å². The van der Waals surface area contributed by atoms with Crippen LogP contribution in [0.4, 0.5) is 0 Å². The molecule has 4 atom stereocenters. The highest BCUT2D eigenvalue weighted by Gasteiger charge is 2.38. The van der Waals surface area contributed by atoms with Crippen LogP contribution in [-0.4, -0.2) is 53.1 Å². The summed E-state index contributed by atoms with van der Waals surface area (Å²) in [5, 5.41) is 28.2. The number of aliphatic hydroxyl groups excluding tert-OH is 3. The van der Waals surface area contributed by atoms with E-state index in [0.717, 1.165) is 6.42 Å². The van der Waals surface area contributed by atoms with E-state index in [1.807, 2.05) is 0 Å². The van der Waals surface area contributed by atoms with Crippen LogP contribution in [0, 0.1) is 5.41 Å². The van der Waals surface area contributed by atoms with E-state index in [0.29, 0.717) is 6.61 Å². The van der Waals surface area contributed by atoms with Crippen LogP contribution < -0.4 is 0 Å². The molecule has 1 heterocycles. The Bertz CT molecular complexity index is 213. The van der Waals surface area contributed by atoms with Crippen molar-refractivity contribution in [3.63, 3.8) is 0 Å². The first-order chi connectivity index (χ1) is 7.31. The predicted molar refractivity (Wildman–Crippen MR) is 57.8 cm³/mol. The van der Waals surface area contributed by atoms with Gasteiger partial charge in [0.05, 0.1) is 13.2 Å². The number of hydrogen-bond acceptors (Lipinski definition) is 5. The number of rotatable bonds is 3. The highest BCUT2D eigenvalue weighted by Crippen LogP contribution is 2.21. The highest BCUT2D eigenvalue weighted by molar-refractivity contribution is 4.82. The molecule has 5 nitrogen and oxygen atoms in total. The van der Waals surface area contributed by atoms with E-state index in [4.69, 9.17) is 9.47 Å². The molecule has 0 aliphatic carbocycles. The summed E-state index contributed by atoms with van der Waals surface area (Å²) in [7, 11) is 0. The largest absolute Gasteiger partial charge is 0.388 e. The second-order valence-electron chi connectivity index (χ2n) is 5.43. The summed E-state index contributed by atoms with van der Waals surface area (Å²) in [5.41, 5.74) is 0.151. The van der Waals surface area contributed by atoms with Crippen LogP contribution in [0.25, 0.3) is 0 Å². The smallest absolute Gasteiger partial charge is 0.186 e. The van der Waals surface area contributed by atoms with Crippen LogP contribution in [0.5, 0.6) is 0 Å². The molecule has 4 unspecified atom stereocenters. The van der Waals surface area contributed by atoms with Gasteiger partial charge in [0.2, 0.25) is 0 Å². The van der Waals surface area contributed by atoms with E-state index in [-0.39, 0.29) is 12.0 Å². The molecule has 0 radical (unpaired) electrons. The Morgan fingerprint density at radius 3 is 2.38 bits per heavy atom. The molecule has 1 fully saturated rings. The van der Waals surface area contributed by atoms with Gasteiger partial charge in [0.25, 0.3) is 0 Å². The van der Waals surface area contributed by atoms with Crippen LogP contribution in [0.3, 0.4) is 0 Å². The summed E-state index contributed by atoms with van der Waals surface area (Å²) in [4.78, 5) is 0. The van der Waals surface area contributed by atoms with Crippen molar-refractivity contribution in [1.82, 2.24) is 0 Å². The molecule has 3 N–H and O–H groups in total. The predicted octanol–water partition coefficient (Wildman–Crippen LogP) is -0.122. The van der Waals surface area contributed by atoms with Gasteiger partial charge in [0.1, 0.15) is 18.3 Å². The zero-order valence-electron chi connectivity index (χ0n) is 10.1. The van der Waals surface area contributed by atoms with Crippen molar-refractivity contribution in [1.29, 1.82) is 0 Å². The third-order valence-corrected chi connectivity index (χ3v) is 2.59. The molecule has 5 heteroatoms. The van der Waals surface area contributed by atoms with Crippen LogP contribution in [-0.2, 0) is 9.47 Å². The normalized spacial score (nSPS) is 36.4. The van der Waals surface area contributed by atoms with Crippen molar-refractivity contribution in [3.05, 3.63) is 0 Å². The van der Waals surface area contributed by atoms with Gasteiger partial charge >= 0.3 is 0 Å². The van der Waals surface area contributed by atoms with Crippen molar-refractivity contribution in [3.8, 4) is 0 Å². The summed E-state index contributed by atoms with van der Waals surface area (Å²) in [6.07, 6.45) is -3.45. The Kier molecular flexibility index (Phi) is 4.70. The van der Waals surface area contributed by atoms with E-state index < -0.39 is 24.6 Å². The van der Waals surface area contributed by atoms with Gasteiger partial charge in [-0.3, -0.25) is 0 Å². The Balaban J connectivity index is 2.32. The minimum absolute atomic E-state index is 0.0155. The lowest BCUT2D eigenvalue weighted by Crippen LogP contribution is -2.53. The molecule has 1 rings (SSSR count). The molecular formula is C11H22O5. The minimum Gasteiger partial charge on any atom is -0.388 e. The van der Waals surface area contributed by atoms with Gasteiger partial charge in [-0.25, -0.2) is 0 Å². The van der Waals surface area contributed by atoms with Gasteiger partial charge in [-0.1, -0.05) is 20.8 Å². The van der Waals surface area contributed by atoms with Gasteiger partial charge in [0.15, 0.2) is 6.29 Å². The molecule has 1 aliphatic rings. The summed E-state index contributed by atoms with van der Waals surface area (Å²) < 4.78 is 10.5. The molecule has 1 saturated heterocycles. The van der Waals surface area contributed by atoms with E-state index in [1.54, 1.807) is 0 Å². The standard InChI is InChI=1S/C11H22O5/c1-11(2,3)4-5-15-10-9(14)8(13)7(12)6-16-10/h7-10,12-14H,4-6H2,1-3H3. The monoisotopic (exact) mass is 234 g/mol. The first-order valence-corrected chi connectivity index (χ1v) is 5.59. The third-order valence-electron chi connectivity index (χ3n) is 2.59. The van der Waals surface area contributed by atoms with Crippen LogP contribution >= 0.6 is 0 Å². The molecule has 0 spiro atoms. The van der Waals surface area contributed by atoms with Gasteiger partial charge in [-0.15, -0.1) is 0 Å². The molecule has 96 valence electrons. The summed E-state index contributed by atoms with van der Waals surface area (Å²) in [6.45, 7) is 6.71. The quantitative estimate of drug-likeness (QED) is 0.634.